The van der Waals surface area contributed by atoms with Gasteiger partial charge in [-0.3, -0.25) is 14.8 Å². The lowest BCUT2D eigenvalue weighted by atomic mass is 10.2. The van der Waals surface area contributed by atoms with Gasteiger partial charge in [0.25, 0.3) is 15.7 Å². The first kappa shape index (κ1) is 19.5. The van der Waals surface area contributed by atoms with E-state index in [9.17, 15) is 31.7 Å². The minimum atomic E-state index is -4.48. The molecule has 0 aliphatic heterocycles. The molecule has 0 atom stereocenters. The third-order valence-corrected chi connectivity index (χ3v) is 4.90. The van der Waals surface area contributed by atoms with Crippen molar-refractivity contribution in [3.8, 4) is 0 Å². The molecule has 7 nitrogen and oxygen atoms in total. The number of anilines is 2. The van der Waals surface area contributed by atoms with Gasteiger partial charge in [-0.2, -0.15) is 13.2 Å². The highest BCUT2D eigenvalue weighted by atomic mass is 32.2. The molecule has 0 aliphatic carbocycles. The van der Waals surface area contributed by atoms with Crippen LogP contribution in [0.4, 0.5) is 30.2 Å². The highest BCUT2D eigenvalue weighted by Crippen LogP contribution is 2.29. The normalized spacial score (nSPS) is 11.8. The summed E-state index contributed by atoms with van der Waals surface area (Å²) in [5, 5.41) is 13.1. The number of sulfonamides is 1. The molecule has 2 N–H and O–H groups in total. The molecular weight excluding hydrogens is 375 g/mol. The van der Waals surface area contributed by atoms with Crippen LogP contribution < -0.4 is 10.0 Å². The summed E-state index contributed by atoms with van der Waals surface area (Å²) in [6.07, 6.45) is -4.48. The number of hydrogen-bond acceptors (Lipinski definition) is 5. The van der Waals surface area contributed by atoms with E-state index in [2.05, 4.69) is 10.0 Å². The molecule has 0 fully saturated rings. The van der Waals surface area contributed by atoms with Crippen molar-refractivity contribution in [2.75, 3.05) is 16.6 Å². The molecule has 0 amide bonds. The fraction of sp³-hybridized carbons (Fsp3) is 0.200. The van der Waals surface area contributed by atoms with Crippen LogP contribution >= 0.6 is 0 Å². The molecule has 2 rings (SSSR count). The van der Waals surface area contributed by atoms with E-state index in [1.165, 1.54) is 43.3 Å². The average Bonchev–Trinajstić information content (AvgIpc) is 2.52. The fourth-order valence-electron chi connectivity index (χ4n) is 2.21. The Morgan fingerprint density at radius 3 is 2.27 bits per heavy atom. The van der Waals surface area contributed by atoms with E-state index in [0.29, 0.717) is 0 Å². The minimum absolute atomic E-state index is 0.0727. The topological polar surface area (TPSA) is 101 Å². The van der Waals surface area contributed by atoms with Crippen LogP contribution in [0.5, 0.6) is 0 Å². The quantitative estimate of drug-likeness (QED) is 0.580. The molecule has 0 aliphatic rings. The molecule has 0 bridgehead atoms. The standard InChI is InChI=1S/C15H14F3N3O4S/c1-10-13(21(22)23)7-4-8-14(10)26(24,25)20-12-6-3-2-5-11(12)19-9-15(16,17)18/h2-8,19-20H,9H2,1H3. The van der Waals surface area contributed by atoms with Crippen LogP contribution in [0.15, 0.2) is 47.4 Å². The van der Waals surface area contributed by atoms with Crippen molar-refractivity contribution in [3.63, 3.8) is 0 Å². The lowest BCUT2D eigenvalue weighted by Gasteiger charge is -2.16. The molecule has 0 saturated heterocycles. The highest BCUT2D eigenvalue weighted by Gasteiger charge is 2.28. The van der Waals surface area contributed by atoms with Crippen LogP contribution in [-0.2, 0) is 10.0 Å². The van der Waals surface area contributed by atoms with Crippen molar-refractivity contribution in [1.29, 1.82) is 0 Å². The number of halogens is 3. The van der Waals surface area contributed by atoms with Crippen LogP contribution in [0.3, 0.4) is 0 Å². The Morgan fingerprint density at radius 1 is 1.08 bits per heavy atom. The van der Waals surface area contributed by atoms with Gasteiger partial charge in [-0.25, -0.2) is 8.42 Å². The molecule has 0 saturated carbocycles. The Hall–Kier alpha value is -2.82. The maximum atomic E-state index is 12.6. The van der Waals surface area contributed by atoms with Crippen molar-refractivity contribution in [2.24, 2.45) is 0 Å². The second kappa shape index (κ2) is 7.20. The van der Waals surface area contributed by atoms with Crippen LogP contribution in [0, 0.1) is 17.0 Å². The van der Waals surface area contributed by atoms with Gasteiger partial charge in [0.05, 0.1) is 21.2 Å². The van der Waals surface area contributed by atoms with E-state index >= 15 is 0 Å². The van der Waals surface area contributed by atoms with Crippen LogP contribution in [0.25, 0.3) is 0 Å². The van der Waals surface area contributed by atoms with Gasteiger partial charge in [0.2, 0.25) is 0 Å². The molecule has 0 spiro atoms. The van der Waals surface area contributed by atoms with Crippen molar-refractivity contribution in [1.82, 2.24) is 0 Å². The number of nitrogens with zero attached hydrogens (tertiary/aromatic N) is 1. The molecule has 0 unspecified atom stereocenters. The number of hydrogen-bond donors (Lipinski definition) is 2. The number of para-hydroxylation sites is 2. The lowest BCUT2D eigenvalue weighted by Crippen LogP contribution is -2.22. The van der Waals surface area contributed by atoms with Crippen molar-refractivity contribution in [2.45, 2.75) is 18.0 Å². The molecule has 0 heterocycles. The maximum absolute atomic E-state index is 12.6. The van der Waals surface area contributed by atoms with E-state index in [4.69, 9.17) is 0 Å². The number of nitro groups is 1. The molecule has 11 heteroatoms. The number of nitrogens with one attached hydrogen (secondary N) is 2. The van der Waals surface area contributed by atoms with E-state index in [-0.39, 0.29) is 27.5 Å². The van der Waals surface area contributed by atoms with Gasteiger partial charge in [0.15, 0.2) is 0 Å². The number of rotatable bonds is 6. The Labute approximate surface area is 147 Å². The third-order valence-electron chi connectivity index (χ3n) is 3.39. The monoisotopic (exact) mass is 389 g/mol. The zero-order valence-corrected chi connectivity index (χ0v) is 14.2. The van der Waals surface area contributed by atoms with E-state index in [0.717, 1.165) is 6.07 Å². The van der Waals surface area contributed by atoms with E-state index < -0.39 is 27.7 Å². The smallest absolute Gasteiger partial charge is 0.375 e. The minimum Gasteiger partial charge on any atom is -0.375 e. The largest absolute Gasteiger partial charge is 0.405 e. The Kier molecular flexibility index (Phi) is 5.40. The van der Waals surface area contributed by atoms with Crippen molar-refractivity contribution in [3.05, 3.63) is 58.1 Å². The first-order valence-electron chi connectivity index (χ1n) is 7.18. The molecule has 26 heavy (non-hydrogen) atoms. The summed E-state index contributed by atoms with van der Waals surface area (Å²) < 4.78 is 64.5. The molecule has 0 aromatic heterocycles. The summed E-state index contributed by atoms with van der Waals surface area (Å²) in [5.74, 6) is 0. The highest BCUT2D eigenvalue weighted by molar-refractivity contribution is 7.92. The van der Waals surface area contributed by atoms with Gasteiger partial charge in [-0.1, -0.05) is 18.2 Å². The first-order chi connectivity index (χ1) is 12.0. The SMILES string of the molecule is Cc1c([N+](=O)[O-])cccc1S(=O)(=O)Nc1ccccc1NCC(F)(F)F. The second-order valence-corrected chi connectivity index (χ2v) is 6.93. The van der Waals surface area contributed by atoms with Gasteiger partial charge in [0, 0.05) is 11.6 Å². The van der Waals surface area contributed by atoms with Crippen molar-refractivity contribution < 1.29 is 26.5 Å². The number of nitro benzene ring substituents is 1. The van der Waals surface area contributed by atoms with Gasteiger partial charge < -0.3 is 5.32 Å². The summed E-state index contributed by atoms with van der Waals surface area (Å²) in [6.45, 7) is -0.0674. The lowest BCUT2D eigenvalue weighted by molar-refractivity contribution is -0.385. The zero-order chi connectivity index (χ0) is 19.5. The molecule has 140 valence electrons. The molecule has 2 aromatic carbocycles. The maximum Gasteiger partial charge on any atom is 0.405 e. The predicted molar refractivity (Wildman–Crippen MR) is 89.6 cm³/mol. The molecule has 2 aromatic rings. The molecular formula is C15H14F3N3O4S. The Morgan fingerprint density at radius 2 is 1.69 bits per heavy atom. The summed E-state index contributed by atoms with van der Waals surface area (Å²) in [4.78, 5) is 9.92. The van der Waals surface area contributed by atoms with Gasteiger partial charge in [0.1, 0.15) is 6.54 Å². The van der Waals surface area contributed by atoms with Gasteiger partial charge in [-0.05, 0) is 25.1 Å². The van der Waals surface area contributed by atoms with Crippen molar-refractivity contribution >= 4 is 27.1 Å². The van der Waals surface area contributed by atoms with E-state index in [1.807, 2.05) is 0 Å². The third kappa shape index (κ3) is 4.63. The molecule has 0 radical (unpaired) electrons. The first-order valence-corrected chi connectivity index (χ1v) is 8.66. The Balaban J connectivity index is 2.37. The summed E-state index contributed by atoms with van der Waals surface area (Å²) >= 11 is 0. The summed E-state index contributed by atoms with van der Waals surface area (Å²) in [5.41, 5.74) is -0.638. The summed E-state index contributed by atoms with van der Waals surface area (Å²) in [6, 6.07) is 9.00. The van der Waals surface area contributed by atoms with Gasteiger partial charge in [-0.15, -0.1) is 0 Å². The van der Waals surface area contributed by atoms with Crippen LogP contribution in [-0.4, -0.2) is 26.1 Å². The Bertz CT molecular complexity index is 930. The summed E-state index contributed by atoms with van der Waals surface area (Å²) in [7, 11) is -4.25. The van der Waals surface area contributed by atoms with E-state index in [1.54, 1.807) is 0 Å². The van der Waals surface area contributed by atoms with Crippen LogP contribution in [0.2, 0.25) is 0 Å². The second-order valence-electron chi connectivity index (χ2n) is 5.28. The zero-order valence-electron chi connectivity index (χ0n) is 13.4. The van der Waals surface area contributed by atoms with Gasteiger partial charge >= 0.3 is 6.18 Å². The fourth-order valence-corrected chi connectivity index (χ4v) is 3.56. The number of benzene rings is 2. The van der Waals surface area contributed by atoms with Crippen LogP contribution in [0.1, 0.15) is 5.56 Å². The number of alkyl halides is 3. The predicted octanol–water partition coefficient (Wildman–Crippen LogP) is 3.68. The average molecular weight is 389 g/mol.